The van der Waals surface area contributed by atoms with Crippen molar-refractivity contribution in [3.8, 4) is 17.1 Å². The molecule has 6 rings (SSSR count). The van der Waals surface area contributed by atoms with Gasteiger partial charge in [-0.2, -0.15) is 23.4 Å². The molecule has 1 N–H and O–H groups in total. The molecule has 0 spiro atoms. The molecule has 0 saturated carbocycles. The molecule has 0 saturated heterocycles. The van der Waals surface area contributed by atoms with Gasteiger partial charge in [0.2, 0.25) is 22.2 Å². The first-order chi connectivity index (χ1) is 23.4. The third-order valence-electron chi connectivity index (χ3n) is 7.33. The van der Waals surface area contributed by atoms with E-state index in [4.69, 9.17) is 9.47 Å². The number of nitrogens with zero attached hydrogens (tertiary/aromatic N) is 5. The normalized spacial score (nSPS) is 11.6. The third kappa shape index (κ3) is 6.25. The summed E-state index contributed by atoms with van der Waals surface area (Å²) < 4.78 is 52.9. The van der Waals surface area contributed by atoms with Crippen molar-refractivity contribution in [2.75, 3.05) is 19.0 Å². The summed E-state index contributed by atoms with van der Waals surface area (Å²) in [7, 11) is 1.54. The number of rotatable bonds is 8. The lowest BCUT2D eigenvalue weighted by atomic mass is 10.2. The number of hydrogen-bond acceptors (Lipinski definition) is 11. The molecular formula is C33H25F3N6O6S. The molecule has 0 unspecified atom stereocenters. The zero-order valence-corrected chi connectivity index (χ0v) is 26.8. The molecule has 0 aliphatic heterocycles. The van der Waals surface area contributed by atoms with Crippen molar-refractivity contribution in [2.45, 2.75) is 26.4 Å². The number of carbonyl (C=O) groups is 2. The average molecular weight is 691 g/mol. The number of fused-ring (bicyclic) bond motifs is 2. The number of carbonyl (C=O) groups excluding carboxylic acids is 2. The second-order valence-corrected chi connectivity index (χ2v) is 11.6. The summed E-state index contributed by atoms with van der Waals surface area (Å²) in [4.78, 5) is 59.0. The van der Waals surface area contributed by atoms with Crippen LogP contribution in [0.15, 0.2) is 76.3 Å². The van der Waals surface area contributed by atoms with Gasteiger partial charge in [0.25, 0.3) is 0 Å². The van der Waals surface area contributed by atoms with Crippen molar-refractivity contribution < 1.29 is 32.2 Å². The molecule has 6 aromatic rings. The van der Waals surface area contributed by atoms with E-state index in [2.05, 4.69) is 20.5 Å². The molecule has 4 aromatic heterocycles. The molecule has 16 heteroatoms. The fourth-order valence-electron chi connectivity index (χ4n) is 4.98. The van der Waals surface area contributed by atoms with Gasteiger partial charge in [-0.15, -0.1) is 11.3 Å². The standard InChI is InChI=1S/C33H25F3N6O6S/c1-4-21-16-23-30(49-21)29(44)27(40-42(23)19-7-6-8-20(15-19)47-5-2)32(46)48-31(45)26-28(43)25-22(13-14-24(37-3)38-25)41(39-26)18-11-9-17(10-12-18)33(34,35)36/h6-16H,4-5H2,1-3H3,(H,37,38). The van der Waals surface area contributed by atoms with E-state index in [1.165, 1.54) is 16.8 Å². The first kappa shape index (κ1) is 33.0. The van der Waals surface area contributed by atoms with Crippen molar-refractivity contribution >= 4 is 50.3 Å². The number of hydrogen-bond donors (Lipinski definition) is 1. The number of ether oxygens (including phenoxy) is 2. The monoisotopic (exact) mass is 690 g/mol. The molecule has 0 atom stereocenters. The van der Waals surface area contributed by atoms with Gasteiger partial charge in [0.15, 0.2) is 0 Å². The molecule has 0 bridgehead atoms. The van der Waals surface area contributed by atoms with Crippen LogP contribution >= 0.6 is 11.3 Å². The number of anilines is 1. The number of pyridine rings is 1. The lowest BCUT2D eigenvalue weighted by molar-refractivity contribution is -0.137. The highest BCUT2D eigenvalue weighted by Gasteiger charge is 2.31. The maximum Gasteiger partial charge on any atom is 0.416 e. The number of esters is 2. The smallest absolute Gasteiger partial charge is 0.416 e. The Kier molecular flexibility index (Phi) is 8.73. The van der Waals surface area contributed by atoms with Gasteiger partial charge >= 0.3 is 18.1 Å². The van der Waals surface area contributed by atoms with E-state index in [0.717, 1.165) is 45.2 Å². The number of nitrogens with one attached hydrogen (secondary N) is 1. The highest BCUT2D eigenvalue weighted by atomic mass is 32.1. The van der Waals surface area contributed by atoms with E-state index in [0.29, 0.717) is 30.0 Å². The average Bonchev–Trinajstić information content (AvgIpc) is 3.54. The summed E-state index contributed by atoms with van der Waals surface area (Å²) in [6.07, 6.45) is -4.02. The summed E-state index contributed by atoms with van der Waals surface area (Å²) in [5.74, 6) is -2.22. The highest BCUT2D eigenvalue weighted by Crippen LogP contribution is 2.30. The molecule has 2 aromatic carbocycles. The van der Waals surface area contributed by atoms with Crippen LogP contribution in [0.3, 0.4) is 0 Å². The van der Waals surface area contributed by atoms with Crippen LogP contribution in [0.4, 0.5) is 19.0 Å². The summed E-state index contributed by atoms with van der Waals surface area (Å²) in [6, 6.07) is 15.3. The Labute approximate surface area is 278 Å². The number of aromatic nitrogens is 5. The molecule has 0 radical (unpaired) electrons. The molecular weight excluding hydrogens is 665 g/mol. The van der Waals surface area contributed by atoms with E-state index in [-0.39, 0.29) is 27.2 Å². The molecule has 0 fully saturated rings. The lowest BCUT2D eigenvalue weighted by Crippen LogP contribution is -2.29. The van der Waals surface area contributed by atoms with Gasteiger partial charge in [0.1, 0.15) is 21.8 Å². The third-order valence-corrected chi connectivity index (χ3v) is 8.60. The molecule has 49 heavy (non-hydrogen) atoms. The Balaban J connectivity index is 1.45. The summed E-state index contributed by atoms with van der Waals surface area (Å²) in [5, 5.41) is 11.1. The van der Waals surface area contributed by atoms with Crippen LogP contribution in [0.1, 0.15) is 45.3 Å². The Morgan fingerprint density at radius 3 is 2.16 bits per heavy atom. The van der Waals surface area contributed by atoms with Crippen molar-refractivity contribution in [3.05, 3.63) is 109 Å². The van der Waals surface area contributed by atoms with Crippen molar-refractivity contribution in [1.82, 2.24) is 24.5 Å². The first-order valence-corrected chi connectivity index (χ1v) is 15.6. The number of aryl methyl sites for hydroxylation is 1. The van der Waals surface area contributed by atoms with E-state index in [1.807, 2.05) is 13.8 Å². The van der Waals surface area contributed by atoms with E-state index in [9.17, 15) is 32.3 Å². The van der Waals surface area contributed by atoms with E-state index in [1.54, 1.807) is 37.4 Å². The van der Waals surface area contributed by atoms with Crippen LogP contribution in [0, 0.1) is 0 Å². The van der Waals surface area contributed by atoms with Gasteiger partial charge in [-0.05, 0) is 67.9 Å². The summed E-state index contributed by atoms with van der Waals surface area (Å²) in [5.41, 5.74) is -3.68. The zero-order valence-electron chi connectivity index (χ0n) is 26.0. The lowest BCUT2D eigenvalue weighted by Gasteiger charge is -2.13. The van der Waals surface area contributed by atoms with E-state index < -0.39 is 45.9 Å². The van der Waals surface area contributed by atoms with Crippen LogP contribution in [0.2, 0.25) is 0 Å². The minimum absolute atomic E-state index is 0.0473. The largest absolute Gasteiger partial charge is 0.494 e. The number of alkyl halides is 3. The highest BCUT2D eigenvalue weighted by molar-refractivity contribution is 7.19. The fourth-order valence-corrected chi connectivity index (χ4v) is 5.99. The summed E-state index contributed by atoms with van der Waals surface area (Å²) in [6.45, 7) is 4.11. The van der Waals surface area contributed by atoms with Crippen LogP contribution < -0.4 is 20.9 Å². The van der Waals surface area contributed by atoms with Crippen LogP contribution in [-0.2, 0) is 17.3 Å². The quantitative estimate of drug-likeness (QED) is 0.159. The van der Waals surface area contributed by atoms with Crippen LogP contribution in [0.5, 0.6) is 5.75 Å². The molecule has 12 nitrogen and oxygen atoms in total. The van der Waals surface area contributed by atoms with Gasteiger partial charge in [-0.25, -0.2) is 23.9 Å². The Morgan fingerprint density at radius 2 is 1.53 bits per heavy atom. The molecule has 0 amide bonds. The Morgan fingerprint density at radius 1 is 0.857 bits per heavy atom. The zero-order chi connectivity index (χ0) is 35.0. The molecule has 0 aliphatic rings. The first-order valence-electron chi connectivity index (χ1n) is 14.8. The van der Waals surface area contributed by atoms with Gasteiger partial charge in [-0.3, -0.25) is 9.59 Å². The molecule has 250 valence electrons. The van der Waals surface area contributed by atoms with E-state index >= 15 is 0 Å². The fraction of sp³-hybridized carbons (Fsp3) is 0.182. The van der Waals surface area contributed by atoms with Crippen LogP contribution in [0.25, 0.3) is 32.6 Å². The topological polar surface area (TPSA) is 147 Å². The molecule has 0 aliphatic carbocycles. The molecule has 4 heterocycles. The minimum Gasteiger partial charge on any atom is -0.494 e. The van der Waals surface area contributed by atoms with Crippen molar-refractivity contribution in [1.29, 1.82) is 0 Å². The van der Waals surface area contributed by atoms with Gasteiger partial charge in [-0.1, -0.05) is 13.0 Å². The predicted molar refractivity (Wildman–Crippen MR) is 175 cm³/mol. The SMILES string of the molecule is CCOc1cccc(-n2nc(C(=O)OC(=O)c3nn(-c4ccc(C(F)(F)F)cc4)c4ccc(NC)nc4c3=O)c(=O)c3sc(CC)cc32)c1. The van der Waals surface area contributed by atoms with Gasteiger partial charge in [0.05, 0.1) is 34.6 Å². The maximum atomic E-state index is 13.5. The predicted octanol–water partition coefficient (Wildman–Crippen LogP) is 5.56. The number of halogens is 3. The van der Waals surface area contributed by atoms with Gasteiger partial charge < -0.3 is 14.8 Å². The second-order valence-electron chi connectivity index (χ2n) is 10.4. The van der Waals surface area contributed by atoms with Crippen molar-refractivity contribution in [3.63, 3.8) is 0 Å². The Hall–Kier alpha value is -5.90. The second kappa shape index (κ2) is 13.0. The maximum absolute atomic E-state index is 13.5. The van der Waals surface area contributed by atoms with Crippen LogP contribution in [-0.4, -0.2) is 50.1 Å². The minimum atomic E-state index is -4.61. The number of benzene rings is 2. The number of thiophene rings is 1. The summed E-state index contributed by atoms with van der Waals surface area (Å²) >= 11 is 1.16. The Bertz CT molecular complexity index is 2380. The van der Waals surface area contributed by atoms with Crippen molar-refractivity contribution in [2.24, 2.45) is 0 Å². The van der Waals surface area contributed by atoms with Gasteiger partial charge in [0, 0.05) is 18.0 Å².